The van der Waals surface area contributed by atoms with Crippen molar-refractivity contribution in [1.29, 1.82) is 0 Å². The van der Waals surface area contributed by atoms with Gasteiger partial charge in [0.25, 0.3) is 0 Å². The first-order chi connectivity index (χ1) is 6.83. The van der Waals surface area contributed by atoms with Crippen molar-refractivity contribution in [3.63, 3.8) is 0 Å². The van der Waals surface area contributed by atoms with Gasteiger partial charge in [-0.25, -0.2) is 0 Å². The second-order valence-corrected chi connectivity index (χ2v) is 3.51. The van der Waals surface area contributed by atoms with Crippen LogP contribution in [-0.4, -0.2) is 25.2 Å². The number of terminal acetylenes is 1. The number of amides is 1. The van der Waals surface area contributed by atoms with Crippen LogP contribution in [0.3, 0.4) is 0 Å². The summed E-state index contributed by atoms with van der Waals surface area (Å²) in [5, 5.41) is 2.99. The van der Waals surface area contributed by atoms with Gasteiger partial charge in [0.1, 0.15) is 0 Å². The standard InChI is InChI=1S/C11H17NO2/c1-2-3-4-5-11(13)12-10-6-8-14-9-7-10/h1,10H,3-9H2,(H,12,13). The predicted molar refractivity (Wildman–Crippen MR) is 54.7 cm³/mol. The molecule has 1 amide bonds. The molecule has 1 heterocycles. The van der Waals surface area contributed by atoms with Gasteiger partial charge >= 0.3 is 0 Å². The molecule has 3 heteroatoms. The van der Waals surface area contributed by atoms with Crippen molar-refractivity contribution in [2.24, 2.45) is 0 Å². The third-order valence-corrected chi connectivity index (χ3v) is 2.31. The first-order valence-corrected chi connectivity index (χ1v) is 5.13. The molecule has 1 aliphatic heterocycles. The lowest BCUT2D eigenvalue weighted by Gasteiger charge is -2.22. The van der Waals surface area contributed by atoms with Gasteiger partial charge in [0, 0.05) is 32.1 Å². The maximum atomic E-state index is 11.4. The largest absolute Gasteiger partial charge is 0.381 e. The lowest BCUT2D eigenvalue weighted by molar-refractivity contribution is -0.122. The van der Waals surface area contributed by atoms with Gasteiger partial charge in [-0.05, 0) is 19.3 Å². The Balaban J connectivity index is 2.10. The van der Waals surface area contributed by atoms with E-state index in [1.54, 1.807) is 0 Å². The van der Waals surface area contributed by atoms with Crippen molar-refractivity contribution in [3.8, 4) is 12.3 Å². The van der Waals surface area contributed by atoms with E-state index >= 15 is 0 Å². The van der Waals surface area contributed by atoms with E-state index in [1.807, 2.05) is 0 Å². The fourth-order valence-corrected chi connectivity index (χ4v) is 1.49. The predicted octanol–water partition coefficient (Wildman–Crippen LogP) is 1.09. The molecule has 0 aromatic heterocycles. The Morgan fingerprint density at radius 2 is 2.21 bits per heavy atom. The van der Waals surface area contributed by atoms with E-state index in [1.165, 1.54) is 0 Å². The summed E-state index contributed by atoms with van der Waals surface area (Å²) in [4.78, 5) is 11.4. The molecule has 1 rings (SSSR count). The molecule has 78 valence electrons. The van der Waals surface area contributed by atoms with Crippen molar-refractivity contribution >= 4 is 5.91 Å². The Hall–Kier alpha value is -1.01. The van der Waals surface area contributed by atoms with E-state index < -0.39 is 0 Å². The number of carbonyl (C=O) groups excluding carboxylic acids is 1. The monoisotopic (exact) mass is 195 g/mol. The molecular formula is C11H17NO2. The molecule has 0 saturated carbocycles. The molecule has 0 aliphatic carbocycles. The minimum Gasteiger partial charge on any atom is -0.381 e. The van der Waals surface area contributed by atoms with Crippen LogP contribution in [0.4, 0.5) is 0 Å². The first-order valence-electron chi connectivity index (χ1n) is 5.13. The van der Waals surface area contributed by atoms with E-state index in [9.17, 15) is 4.79 Å². The van der Waals surface area contributed by atoms with Crippen LogP contribution in [0.2, 0.25) is 0 Å². The van der Waals surface area contributed by atoms with Gasteiger partial charge in [-0.2, -0.15) is 0 Å². The molecule has 1 aliphatic rings. The van der Waals surface area contributed by atoms with Crippen molar-refractivity contribution in [2.75, 3.05) is 13.2 Å². The molecule has 1 N–H and O–H groups in total. The number of ether oxygens (including phenoxy) is 1. The Kier molecular flexibility index (Phi) is 5.09. The summed E-state index contributed by atoms with van der Waals surface area (Å²) < 4.78 is 5.20. The van der Waals surface area contributed by atoms with Gasteiger partial charge in [-0.1, -0.05) is 0 Å². The van der Waals surface area contributed by atoms with Crippen LogP contribution >= 0.6 is 0 Å². The van der Waals surface area contributed by atoms with Crippen molar-refractivity contribution < 1.29 is 9.53 Å². The minimum absolute atomic E-state index is 0.118. The third-order valence-electron chi connectivity index (χ3n) is 2.31. The maximum absolute atomic E-state index is 11.4. The lowest BCUT2D eigenvalue weighted by Crippen LogP contribution is -2.38. The van der Waals surface area contributed by atoms with Crippen LogP contribution in [0.1, 0.15) is 32.1 Å². The van der Waals surface area contributed by atoms with Crippen molar-refractivity contribution in [1.82, 2.24) is 5.32 Å². The number of unbranched alkanes of at least 4 members (excludes halogenated alkanes) is 1. The summed E-state index contributed by atoms with van der Waals surface area (Å²) in [6.07, 6.45) is 8.97. The highest BCUT2D eigenvalue weighted by molar-refractivity contribution is 5.76. The number of hydrogen-bond donors (Lipinski definition) is 1. The molecule has 1 fully saturated rings. The molecule has 0 aromatic rings. The highest BCUT2D eigenvalue weighted by Gasteiger charge is 2.15. The van der Waals surface area contributed by atoms with Crippen LogP contribution in [0, 0.1) is 12.3 Å². The number of carbonyl (C=O) groups is 1. The number of hydrogen-bond acceptors (Lipinski definition) is 2. The summed E-state index contributed by atoms with van der Waals surface area (Å²) in [5.74, 6) is 2.64. The first kappa shape index (κ1) is 11.1. The zero-order valence-electron chi connectivity index (χ0n) is 8.42. The molecular weight excluding hydrogens is 178 g/mol. The Morgan fingerprint density at radius 1 is 1.50 bits per heavy atom. The van der Waals surface area contributed by atoms with Gasteiger partial charge in [0.05, 0.1) is 0 Å². The zero-order chi connectivity index (χ0) is 10.2. The van der Waals surface area contributed by atoms with Crippen LogP contribution in [-0.2, 0) is 9.53 Å². The van der Waals surface area contributed by atoms with Gasteiger partial charge in [-0.15, -0.1) is 12.3 Å². The Morgan fingerprint density at radius 3 is 2.86 bits per heavy atom. The smallest absolute Gasteiger partial charge is 0.220 e. The SMILES string of the molecule is C#CCCCC(=O)NC1CCOCC1. The summed E-state index contributed by atoms with van der Waals surface area (Å²) in [7, 11) is 0. The Labute approximate surface area is 85.2 Å². The summed E-state index contributed by atoms with van der Waals surface area (Å²) in [6.45, 7) is 1.52. The second-order valence-electron chi connectivity index (χ2n) is 3.51. The average Bonchev–Trinajstić information content (AvgIpc) is 2.20. The number of rotatable bonds is 4. The van der Waals surface area contributed by atoms with E-state index in [2.05, 4.69) is 11.2 Å². The maximum Gasteiger partial charge on any atom is 0.220 e. The summed E-state index contributed by atoms with van der Waals surface area (Å²) >= 11 is 0. The zero-order valence-corrected chi connectivity index (χ0v) is 8.42. The molecule has 0 aromatic carbocycles. The van der Waals surface area contributed by atoms with Crippen LogP contribution in [0.25, 0.3) is 0 Å². The van der Waals surface area contributed by atoms with Crippen molar-refractivity contribution in [2.45, 2.75) is 38.1 Å². The third kappa shape index (κ3) is 4.29. The van der Waals surface area contributed by atoms with E-state index in [0.717, 1.165) is 32.5 Å². The van der Waals surface area contributed by atoms with Crippen LogP contribution in [0.5, 0.6) is 0 Å². The van der Waals surface area contributed by atoms with Gasteiger partial charge in [0.15, 0.2) is 0 Å². The molecule has 0 radical (unpaired) electrons. The van der Waals surface area contributed by atoms with Crippen molar-refractivity contribution in [3.05, 3.63) is 0 Å². The molecule has 0 bridgehead atoms. The summed E-state index contributed by atoms with van der Waals surface area (Å²) in [6, 6.07) is 0.307. The second kappa shape index (κ2) is 6.44. The summed E-state index contributed by atoms with van der Waals surface area (Å²) in [5.41, 5.74) is 0. The van der Waals surface area contributed by atoms with E-state index in [4.69, 9.17) is 11.2 Å². The molecule has 1 saturated heterocycles. The average molecular weight is 195 g/mol. The number of nitrogens with one attached hydrogen (secondary N) is 1. The Bertz CT molecular complexity index is 214. The fraction of sp³-hybridized carbons (Fsp3) is 0.727. The topological polar surface area (TPSA) is 38.3 Å². The van der Waals surface area contributed by atoms with E-state index in [-0.39, 0.29) is 5.91 Å². The lowest BCUT2D eigenvalue weighted by atomic mass is 10.1. The molecule has 0 spiro atoms. The van der Waals surface area contributed by atoms with E-state index in [0.29, 0.717) is 18.9 Å². The minimum atomic E-state index is 0.118. The molecule has 3 nitrogen and oxygen atoms in total. The highest BCUT2D eigenvalue weighted by atomic mass is 16.5. The van der Waals surface area contributed by atoms with Crippen LogP contribution in [0.15, 0.2) is 0 Å². The molecule has 14 heavy (non-hydrogen) atoms. The fourth-order valence-electron chi connectivity index (χ4n) is 1.49. The highest BCUT2D eigenvalue weighted by Crippen LogP contribution is 2.06. The van der Waals surface area contributed by atoms with Gasteiger partial charge < -0.3 is 10.1 Å². The molecule has 0 atom stereocenters. The van der Waals surface area contributed by atoms with Gasteiger partial charge in [0.2, 0.25) is 5.91 Å². The molecule has 0 unspecified atom stereocenters. The normalized spacial score (nSPS) is 17.4. The van der Waals surface area contributed by atoms with Crippen LogP contribution < -0.4 is 5.32 Å². The quantitative estimate of drug-likeness (QED) is 0.538. The van der Waals surface area contributed by atoms with Gasteiger partial charge in [-0.3, -0.25) is 4.79 Å².